The van der Waals surface area contributed by atoms with Crippen LogP contribution in [0.25, 0.3) is 0 Å². The van der Waals surface area contributed by atoms with Gasteiger partial charge in [0.1, 0.15) is 0 Å². The minimum absolute atomic E-state index is 0.790. The predicted molar refractivity (Wildman–Crippen MR) is 46.3 cm³/mol. The topological polar surface area (TPSA) is 0 Å². The Morgan fingerprint density at radius 3 is 2.38 bits per heavy atom. The molecule has 0 aliphatic rings. The summed E-state index contributed by atoms with van der Waals surface area (Å²) >= 11 is 2.98. The summed E-state index contributed by atoms with van der Waals surface area (Å²) in [5.74, 6) is 0. The second-order valence-corrected chi connectivity index (χ2v) is 14.3. The Labute approximate surface area is 63.8 Å². The molecule has 0 nitrogen and oxygen atoms in total. The zero-order chi connectivity index (χ0) is 6.41. The van der Waals surface area contributed by atoms with E-state index in [-0.39, 0.29) is 0 Å². The van der Waals surface area contributed by atoms with Crippen molar-refractivity contribution in [2.75, 3.05) is 0 Å². The van der Waals surface area contributed by atoms with Crippen LogP contribution in [0.4, 0.5) is 0 Å². The van der Waals surface area contributed by atoms with Gasteiger partial charge in [0.05, 0.1) is 0 Å². The second kappa shape index (κ2) is 6.15. The molecule has 0 aliphatic heterocycles. The summed E-state index contributed by atoms with van der Waals surface area (Å²) in [6, 6.07) is 0. The van der Waals surface area contributed by atoms with Crippen molar-refractivity contribution in [3.05, 3.63) is 0 Å². The van der Waals surface area contributed by atoms with Gasteiger partial charge in [-0.2, -0.15) is 0 Å². The van der Waals surface area contributed by atoms with Gasteiger partial charge in [-0.1, -0.05) is 0 Å². The molecule has 1 atom stereocenters. The van der Waals surface area contributed by atoms with E-state index in [1.54, 1.807) is 0 Å². The van der Waals surface area contributed by atoms with Gasteiger partial charge in [0.15, 0.2) is 0 Å². The molecule has 2 heteroatoms. The summed E-state index contributed by atoms with van der Waals surface area (Å²) < 4.78 is 0. The van der Waals surface area contributed by atoms with Crippen molar-refractivity contribution >= 4 is 26.5 Å². The Bertz CT molecular complexity index is 47.8. The SMILES string of the molecule is CCC[CH2][GeH]([Br])[CH2]C. The molecule has 0 heterocycles. The van der Waals surface area contributed by atoms with Crippen molar-refractivity contribution in [2.45, 2.75) is 37.2 Å². The predicted octanol–water partition coefficient (Wildman–Crippen LogP) is 2.93. The maximum atomic E-state index is 3.77. The van der Waals surface area contributed by atoms with E-state index >= 15 is 0 Å². The fraction of sp³-hybridized carbons (Fsp3) is 1.00. The number of hydrogen-bond donors (Lipinski definition) is 0. The van der Waals surface area contributed by atoms with Crippen LogP contribution in [0.3, 0.4) is 0 Å². The van der Waals surface area contributed by atoms with Crippen molar-refractivity contribution in [2.24, 2.45) is 0 Å². The van der Waals surface area contributed by atoms with Crippen LogP contribution in [0.5, 0.6) is 0 Å². The molecular formula is C6H15BrGe. The molecule has 0 aliphatic carbocycles. The molecule has 0 radical (unpaired) electrons. The van der Waals surface area contributed by atoms with Gasteiger partial charge in [-0.25, -0.2) is 0 Å². The number of halogens is 1. The molecule has 1 unspecified atom stereocenters. The van der Waals surface area contributed by atoms with E-state index in [2.05, 4.69) is 27.9 Å². The molecule has 0 fully saturated rings. The summed E-state index contributed by atoms with van der Waals surface area (Å²) in [7, 11) is 0. The van der Waals surface area contributed by atoms with Gasteiger partial charge in [-0.05, 0) is 0 Å². The number of hydrogen-bond acceptors (Lipinski definition) is 0. The molecule has 0 amide bonds. The van der Waals surface area contributed by atoms with Gasteiger partial charge in [0.2, 0.25) is 0 Å². The standard InChI is InChI=1S/C6H15BrGe/c1-3-5-6-8(7)4-2/h8H,3-6H2,1-2H3. The van der Waals surface area contributed by atoms with Crippen molar-refractivity contribution in [1.82, 2.24) is 0 Å². The van der Waals surface area contributed by atoms with Crippen LogP contribution in [0.1, 0.15) is 26.7 Å². The zero-order valence-electron chi connectivity index (χ0n) is 5.78. The van der Waals surface area contributed by atoms with Crippen LogP contribution < -0.4 is 0 Å². The molecule has 0 rings (SSSR count). The zero-order valence-corrected chi connectivity index (χ0v) is 9.79. The summed E-state index contributed by atoms with van der Waals surface area (Å²) in [4.78, 5) is 0. The van der Waals surface area contributed by atoms with Gasteiger partial charge < -0.3 is 0 Å². The first-order chi connectivity index (χ1) is 3.81. The maximum absolute atomic E-state index is 3.77. The first kappa shape index (κ1) is 9.02. The summed E-state index contributed by atoms with van der Waals surface area (Å²) in [6.07, 6.45) is 2.82. The van der Waals surface area contributed by atoms with Crippen LogP contribution in [0.2, 0.25) is 10.5 Å². The molecule has 0 spiro atoms. The quantitative estimate of drug-likeness (QED) is 0.662. The van der Waals surface area contributed by atoms with Crippen LogP contribution in [-0.2, 0) is 0 Å². The van der Waals surface area contributed by atoms with Crippen LogP contribution in [-0.4, -0.2) is 12.5 Å². The van der Waals surface area contributed by atoms with Gasteiger partial charge >= 0.3 is 63.7 Å². The fourth-order valence-electron chi connectivity index (χ4n) is 0.630. The van der Waals surface area contributed by atoms with E-state index in [1.165, 1.54) is 23.3 Å². The van der Waals surface area contributed by atoms with Crippen LogP contribution in [0.15, 0.2) is 0 Å². The van der Waals surface area contributed by atoms with Gasteiger partial charge in [-0.3, -0.25) is 0 Å². The first-order valence-electron chi connectivity index (χ1n) is 3.45. The molecule has 0 aromatic rings. The fourth-order valence-corrected chi connectivity index (χ4v) is 4.95. The Kier molecular flexibility index (Phi) is 6.93. The average molecular weight is 240 g/mol. The summed E-state index contributed by atoms with van der Waals surface area (Å²) in [5, 5.41) is 2.98. The summed E-state index contributed by atoms with van der Waals surface area (Å²) in [6.45, 7) is 4.56. The number of unbranched alkanes of at least 4 members (excludes halogenated alkanes) is 1. The molecule has 0 aromatic carbocycles. The third-order valence-corrected chi connectivity index (χ3v) is 11.1. The van der Waals surface area contributed by atoms with Crippen molar-refractivity contribution in [3.63, 3.8) is 0 Å². The first-order valence-corrected chi connectivity index (χ1v) is 12.5. The molecule has 0 bridgehead atoms. The molecule has 50 valence electrons. The molecular weight excluding hydrogens is 225 g/mol. The Hall–Kier alpha value is 1.02. The Morgan fingerprint density at radius 1 is 1.38 bits per heavy atom. The molecule has 0 saturated carbocycles. The second-order valence-electron chi connectivity index (χ2n) is 2.15. The molecule has 0 N–H and O–H groups in total. The Balaban J connectivity index is 2.86. The third kappa shape index (κ3) is 5.17. The van der Waals surface area contributed by atoms with E-state index in [4.69, 9.17) is 0 Å². The van der Waals surface area contributed by atoms with Gasteiger partial charge in [0.25, 0.3) is 0 Å². The molecule has 8 heavy (non-hydrogen) atoms. The molecule has 0 aromatic heterocycles. The Morgan fingerprint density at radius 2 is 2.00 bits per heavy atom. The number of rotatable bonds is 4. The van der Waals surface area contributed by atoms with E-state index in [0.29, 0.717) is 0 Å². The monoisotopic (exact) mass is 240 g/mol. The van der Waals surface area contributed by atoms with E-state index in [0.717, 1.165) is 0 Å². The van der Waals surface area contributed by atoms with Crippen molar-refractivity contribution < 1.29 is 0 Å². The normalized spacial score (nSPS) is 13.9. The average Bonchev–Trinajstić information content (AvgIpc) is 1.83. The van der Waals surface area contributed by atoms with E-state index in [1.807, 2.05) is 0 Å². The van der Waals surface area contributed by atoms with Crippen molar-refractivity contribution in [1.29, 1.82) is 0 Å². The summed E-state index contributed by atoms with van der Waals surface area (Å²) in [5.41, 5.74) is 0. The van der Waals surface area contributed by atoms with E-state index in [9.17, 15) is 0 Å². The third-order valence-electron chi connectivity index (χ3n) is 1.31. The van der Waals surface area contributed by atoms with Crippen molar-refractivity contribution in [3.8, 4) is 0 Å². The molecule has 0 saturated heterocycles. The minimum atomic E-state index is -0.790. The van der Waals surface area contributed by atoms with Crippen LogP contribution in [0, 0.1) is 0 Å². The van der Waals surface area contributed by atoms with E-state index < -0.39 is 12.5 Å². The van der Waals surface area contributed by atoms with Crippen LogP contribution >= 0.6 is 14.0 Å². The van der Waals surface area contributed by atoms with Gasteiger partial charge in [0, 0.05) is 0 Å². The van der Waals surface area contributed by atoms with Gasteiger partial charge in [-0.15, -0.1) is 0 Å².